The van der Waals surface area contributed by atoms with Gasteiger partial charge in [-0.25, -0.2) is 4.98 Å². The minimum atomic E-state index is 0.140. The monoisotopic (exact) mass is 257 g/mol. The van der Waals surface area contributed by atoms with Crippen molar-refractivity contribution in [2.24, 2.45) is 0 Å². The Morgan fingerprint density at radius 1 is 1.05 bits per heavy atom. The lowest BCUT2D eigenvalue weighted by Gasteiger charge is -2.19. The Morgan fingerprint density at radius 2 is 1.68 bits per heavy atom. The molecule has 100 valence electrons. The average Bonchev–Trinajstić information content (AvgIpc) is 2.37. The quantitative estimate of drug-likeness (QED) is 0.898. The molecule has 1 heterocycles. The van der Waals surface area contributed by atoms with Crippen LogP contribution in [0.1, 0.15) is 26.3 Å². The van der Waals surface area contributed by atoms with Crippen molar-refractivity contribution in [3.05, 3.63) is 35.9 Å². The second kappa shape index (κ2) is 4.88. The van der Waals surface area contributed by atoms with E-state index < -0.39 is 0 Å². The van der Waals surface area contributed by atoms with E-state index in [0.29, 0.717) is 5.88 Å². The first-order valence-electron chi connectivity index (χ1n) is 6.19. The van der Waals surface area contributed by atoms with E-state index in [2.05, 4.69) is 42.9 Å². The fourth-order valence-electron chi connectivity index (χ4n) is 1.84. The number of nitrogens with zero attached hydrogens (tertiary/aromatic N) is 2. The normalized spacial score (nSPS) is 11.4. The summed E-state index contributed by atoms with van der Waals surface area (Å²) < 4.78 is 5.10. The second-order valence-corrected chi connectivity index (χ2v) is 5.48. The molecule has 0 unspecified atom stereocenters. The maximum absolute atomic E-state index is 5.67. The third-order valence-electron chi connectivity index (χ3n) is 2.98. The van der Waals surface area contributed by atoms with Crippen molar-refractivity contribution in [3.8, 4) is 17.1 Å². The zero-order valence-corrected chi connectivity index (χ0v) is 11.8. The Kier molecular flexibility index (Phi) is 3.42. The van der Waals surface area contributed by atoms with Crippen LogP contribution >= 0.6 is 0 Å². The Balaban J connectivity index is 2.40. The van der Waals surface area contributed by atoms with Gasteiger partial charge in [-0.15, -0.1) is 0 Å². The lowest BCUT2D eigenvalue weighted by Crippen LogP contribution is -2.10. The molecule has 1 aromatic carbocycles. The first kappa shape index (κ1) is 13.3. The number of rotatable bonds is 2. The number of nitrogen functional groups attached to an aromatic ring is 1. The third kappa shape index (κ3) is 3.02. The largest absolute Gasteiger partial charge is 0.481 e. The van der Waals surface area contributed by atoms with E-state index in [1.165, 1.54) is 5.56 Å². The summed E-state index contributed by atoms with van der Waals surface area (Å²) in [5, 5.41) is 0. The van der Waals surface area contributed by atoms with Crippen LogP contribution in [0, 0.1) is 0 Å². The molecule has 4 heteroatoms. The van der Waals surface area contributed by atoms with Crippen LogP contribution in [-0.4, -0.2) is 17.1 Å². The van der Waals surface area contributed by atoms with Gasteiger partial charge in [0.1, 0.15) is 0 Å². The van der Waals surface area contributed by atoms with Gasteiger partial charge in [0.15, 0.2) is 0 Å². The van der Waals surface area contributed by atoms with Gasteiger partial charge in [0.25, 0.3) is 0 Å². The van der Waals surface area contributed by atoms with E-state index in [0.717, 1.165) is 11.3 Å². The van der Waals surface area contributed by atoms with Crippen LogP contribution in [0.25, 0.3) is 11.3 Å². The summed E-state index contributed by atoms with van der Waals surface area (Å²) in [6.07, 6.45) is 0. The molecule has 0 bridgehead atoms. The molecule has 0 saturated heterocycles. The fourth-order valence-corrected chi connectivity index (χ4v) is 1.84. The SMILES string of the molecule is COc1cc(-c2ccc(C(C)(C)C)cc2)nc(N)n1. The molecule has 0 amide bonds. The highest BCUT2D eigenvalue weighted by molar-refractivity contribution is 5.61. The number of anilines is 1. The van der Waals surface area contributed by atoms with Gasteiger partial charge >= 0.3 is 0 Å². The van der Waals surface area contributed by atoms with E-state index in [-0.39, 0.29) is 11.4 Å². The molecule has 0 aliphatic rings. The van der Waals surface area contributed by atoms with E-state index in [1.807, 2.05) is 12.1 Å². The smallest absolute Gasteiger partial charge is 0.223 e. The summed E-state index contributed by atoms with van der Waals surface area (Å²) in [4.78, 5) is 8.21. The third-order valence-corrected chi connectivity index (χ3v) is 2.98. The fraction of sp³-hybridized carbons (Fsp3) is 0.333. The first-order chi connectivity index (χ1) is 8.90. The Bertz CT molecular complexity index is 571. The minimum absolute atomic E-state index is 0.140. The van der Waals surface area contributed by atoms with Gasteiger partial charge in [-0.05, 0) is 11.0 Å². The zero-order chi connectivity index (χ0) is 14.0. The maximum atomic E-state index is 5.67. The highest BCUT2D eigenvalue weighted by atomic mass is 16.5. The molecule has 0 radical (unpaired) electrons. The topological polar surface area (TPSA) is 61.0 Å². The molecule has 0 aliphatic carbocycles. The minimum Gasteiger partial charge on any atom is -0.481 e. The molecule has 2 N–H and O–H groups in total. The summed E-state index contributed by atoms with van der Waals surface area (Å²) in [5.41, 5.74) is 8.86. The molecule has 2 aromatic rings. The highest BCUT2D eigenvalue weighted by Gasteiger charge is 2.13. The molecular weight excluding hydrogens is 238 g/mol. The van der Waals surface area contributed by atoms with Crippen LogP contribution in [0.3, 0.4) is 0 Å². The molecule has 19 heavy (non-hydrogen) atoms. The number of benzene rings is 1. The second-order valence-electron chi connectivity index (χ2n) is 5.48. The van der Waals surface area contributed by atoms with Gasteiger partial charge in [-0.2, -0.15) is 4.98 Å². The van der Waals surface area contributed by atoms with Gasteiger partial charge in [-0.1, -0.05) is 45.0 Å². The molecule has 0 spiro atoms. The van der Waals surface area contributed by atoms with Gasteiger partial charge in [-0.3, -0.25) is 0 Å². The Labute approximate surface area is 113 Å². The molecule has 0 fully saturated rings. The van der Waals surface area contributed by atoms with E-state index >= 15 is 0 Å². The highest BCUT2D eigenvalue weighted by Crippen LogP contribution is 2.26. The predicted molar refractivity (Wildman–Crippen MR) is 77.1 cm³/mol. The Hall–Kier alpha value is -2.10. The van der Waals surface area contributed by atoms with E-state index in [4.69, 9.17) is 10.5 Å². The summed E-state index contributed by atoms with van der Waals surface area (Å²) in [6.45, 7) is 6.56. The number of methoxy groups -OCH3 is 1. The van der Waals surface area contributed by atoms with Gasteiger partial charge in [0.05, 0.1) is 12.8 Å². The van der Waals surface area contributed by atoms with Crippen molar-refractivity contribution in [1.82, 2.24) is 9.97 Å². The lowest BCUT2D eigenvalue weighted by molar-refractivity contribution is 0.398. The maximum Gasteiger partial charge on any atom is 0.223 e. The van der Waals surface area contributed by atoms with Crippen LogP contribution in [0.2, 0.25) is 0 Å². The van der Waals surface area contributed by atoms with E-state index in [9.17, 15) is 0 Å². The molecule has 0 aliphatic heterocycles. The first-order valence-corrected chi connectivity index (χ1v) is 6.19. The standard InChI is InChI=1S/C15H19N3O/c1-15(2,3)11-7-5-10(6-8-11)12-9-13(19-4)18-14(16)17-12/h5-9H,1-4H3,(H2,16,17,18). The summed E-state index contributed by atoms with van der Waals surface area (Å²) in [7, 11) is 1.56. The zero-order valence-electron chi connectivity index (χ0n) is 11.8. The number of aromatic nitrogens is 2. The molecule has 0 atom stereocenters. The van der Waals surface area contributed by atoms with Crippen LogP contribution < -0.4 is 10.5 Å². The summed E-state index contributed by atoms with van der Waals surface area (Å²) in [6, 6.07) is 10.1. The van der Waals surface area contributed by atoms with Crippen LogP contribution in [-0.2, 0) is 5.41 Å². The molecule has 4 nitrogen and oxygen atoms in total. The van der Waals surface area contributed by atoms with E-state index in [1.54, 1.807) is 13.2 Å². The van der Waals surface area contributed by atoms with Crippen molar-refractivity contribution >= 4 is 5.95 Å². The van der Waals surface area contributed by atoms with Gasteiger partial charge in [0.2, 0.25) is 11.8 Å². The van der Waals surface area contributed by atoms with Crippen LogP contribution in [0.5, 0.6) is 5.88 Å². The lowest BCUT2D eigenvalue weighted by atomic mass is 9.86. The number of nitrogens with two attached hydrogens (primary N) is 1. The van der Waals surface area contributed by atoms with Gasteiger partial charge in [0, 0.05) is 11.6 Å². The molecule has 0 saturated carbocycles. The van der Waals surface area contributed by atoms with Crippen molar-refractivity contribution < 1.29 is 4.74 Å². The van der Waals surface area contributed by atoms with Crippen molar-refractivity contribution in [1.29, 1.82) is 0 Å². The average molecular weight is 257 g/mol. The summed E-state index contributed by atoms with van der Waals surface area (Å²) >= 11 is 0. The number of hydrogen-bond donors (Lipinski definition) is 1. The van der Waals surface area contributed by atoms with Crippen LogP contribution in [0.15, 0.2) is 30.3 Å². The summed E-state index contributed by atoms with van der Waals surface area (Å²) in [5.74, 6) is 0.691. The molecular formula is C15H19N3O. The Morgan fingerprint density at radius 3 is 2.21 bits per heavy atom. The van der Waals surface area contributed by atoms with Crippen LogP contribution in [0.4, 0.5) is 5.95 Å². The number of hydrogen-bond acceptors (Lipinski definition) is 4. The van der Waals surface area contributed by atoms with Crippen molar-refractivity contribution in [2.75, 3.05) is 12.8 Å². The van der Waals surface area contributed by atoms with Crippen molar-refractivity contribution in [2.45, 2.75) is 26.2 Å². The molecule has 2 rings (SSSR count). The van der Waals surface area contributed by atoms with Crippen molar-refractivity contribution in [3.63, 3.8) is 0 Å². The number of ether oxygens (including phenoxy) is 1. The van der Waals surface area contributed by atoms with Gasteiger partial charge < -0.3 is 10.5 Å². The molecule has 1 aromatic heterocycles. The predicted octanol–water partition coefficient (Wildman–Crippen LogP) is 3.03.